The van der Waals surface area contributed by atoms with Gasteiger partial charge in [-0.15, -0.1) is 0 Å². The van der Waals surface area contributed by atoms with Crippen molar-refractivity contribution in [2.45, 2.75) is 0 Å². The van der Waals surface area contributed by atoms with E-state index in [-0.39, 0.29) is 96.9 Å². The molecule has 1 rings (SSSR count). The molecule has 0 saturated carbocycles. The minimum Gasteiger partial charge on any atom is -0.548 e. The number of phenols is 2. The van der Waals surface area contributed by atoms with Crippen LogP contribution in [0.25, 0.3) is 0 Å². The van der Waals surface area contributed by atoms with E-state index in [1.54, 1.807) is 0 Å². The normalized spacial score (nSPS) is 9.10. The van der Waals surface area contributed by atoms with Crippen LogP contribution in [0, 0.1) is 0 Å². The van der Waals surface area contributed by atoms with Crippen molar-refractivity contribution in [2.24, 2.45) is 0 Å². The average molecular weight is 454 g/mol. The molecule has 0 spiro atoms. The van der Waals surface area contributed by atoms with Crippen LogP contribution in [0.5, 0.6) is 11.5 Å². The quantitative estimate of drug-likeness (QED) is 0.249. The Bertz CT molecular complexity index is 656. The van der Waals surface area contributed by atoms with Crippen molar-refractivity contribution in [2.75, 3.05) is 36.0 Å². The molecule has 29 heavy (non-hydrogen) atoms. The second-order valence-corrected chi connectivity index (χ2v) is 5.00. The first-order valence-electron chi connectivity index (χ1n) is 6.87. The van der Waals surface area contributed by atoms with E-state index in [9.17, 15) is 49.8 Å². The number of rotatable bonds is 10. The molecule has 0 aromatic heterocycles. The summed E-state index contributed by atoms with van der Waals surface area (Å²) in [6.45, 7) is -3.88. The van der Waals surface area contributed by atoms with E-state index < -0.39 is 72.9 Å². The van der Waals surface area contributed by atoms with E-state index >= 15 is 0 Å². The van der Waals surface area contributed by atoms with E-state index in [2.05, 4.69) is 0 Å². The summed E-state index contributed by atoms with van der Waals surface area (Å²) < 4.78 is 0. The Morgan fingerprint density at radius 1 is 0.655 bits per heavy atom. The summed E-state index contributed by atoms with van der Waals surface area (Å²) >= 11 is 0. The van der Waals surface area contributed by atoms with Crippen molar-refractivity contribution in [1.82, 2.24) is 0 Å². The number of carboxylic acids is 4. The van der Waals surface area contributed by atoms with Gasteiger partial charge in [-0.3, -0.25) is 0 Å². The number of aromatic hydroxyl groups is 2. The maximum absolute atomic E-state index is 10.7. The predicted molar refractivity (Wildman–Crippen MR) is 80.0 cm³/mol. The Labute approximate surface area is 238 Å². The molecule has 0 fully saturated rings. The van der Waals surface area contributed by atoms with Gasteiger partial charge in [0.2, 0.25) is 0 Å². The second kappa shape index (κ2) is 15.4. The zero-order valence-corrected chi connectivity index (χ0v) is 22.0. The van der Waals surface area contributed by atoms with Gasteiger partial charge >= 0.3 is 96.9 Å². The van der Waals surface area contributed by atoms with Gasteiger partial charge in [0.15, 0.2) is 11.5 Å². The summed E-state index contributed by atoms with van der Waals surface area (Å²) in [5.41, 5.74) is -0.886. The molecular weight excluding hydrogens is 442 g/mol. The minimum absolute atomic E-state index is 0. The van der Waals surface area contributed by atoms with E-state index in [4.69, 9.17) is 0 Å². The molecule has 1 aromatic carbocycles. The van der Waals surface area contributed by atoms with Gasteiger partial charge in [-0.05, 0) is 12.1 Å². The van der Waals surface area contributed by atoms with Crippen molar-refractivity contribution < 1.29 is 109 Å². The van der Waals surface area contributed by atoms with Crippen LogP contribution >= 0.6 is 0 Å². The first-order valence-corrected chi connectivity index (χ1v) is 6.87. The maximum Gasteiger partial charge on any atom is 2.00 e. The molecule has 12 nitrogen and oxygen atoms in total. The van der Waals surface area contributed by atoms with E-state index in [0.717, 1.165) is 12.1 Å². The van der Waals surface area contributed by atoms with Crippen molar-refractivity contribution in [1.29, 1.82) is 0 Å². The fraction of sp³-hybridized carbons (Fsp3) is 0.286. The van der Waals surface area contributed by atoms with Gasteiger partial charge < -0.3 is 59.6 Å². The van der Waals surface area contributed by atoms with Crippen LogP contribution in [-0.2, 0) is 19.2 Å². The van der Waals surface area contributed by atoms with Gasteiger partial charge in [-0.25, -0.2) is 0 Å². The molecule has 0 amide bonds. The number of aliphatic carboxylic acids is 4. The fourth-order valence-electron chi connectivity index (χ4n) is 2.14. The molecule has 0 aliphatic heterocycles. The number of phenolic OH excluding ortho intramolecular Hbond substituents is 2. The molecule has 0 aliphatic rings. The number of carbonyl (C=O) groups excluding carboxylic acids is 4. The summed E-state index contributed by atoms with van der Waals surface area (Å²) in [7, 11) is 0. The monoisotopic (exact) mass is 454 g/mol. The van der Waals surface area contributed by atoms with Crippen molar-refractivity contribution in [3.05, 3.63) is 12.1 Å². The molecule has 0 atom stereocenters. The number of hydrogen-bond donors (Lipinski definition) is 2. The Morgan fingerprint density at radius 3 is 1.03 bits per heavy atom. The van der Waals surface area contributed by atoms with Crippen LogP contribution in [0.15, 0.2) is 12.1 Å². The average Bonchev–Trinajstić information content (AvgIpc) is 2.46. The third-order valence-electron chi connectivity index (χ3n) is 3.07. The Hall–Kier alpha value is -0.440. The third kappa shape index (κ3) is 10.9. The Morgan fingerprint density at radius 2 is 0.862 bits per heavy atom. The standard InChI is InChI=1S/C14H16N2O10.Ca.2Na/c17-9(18)3-15(4-10(19)20)7-1-2-8(14(26)13(7)25)16(5-11(21)22)6-12(23)24;;;/h1-2,25-26H,3-6H2,(H,17,18)(H,19,20)(H,21,22)(H,23,24);;;/q;+2;2*+1/p-4. The van der Waals surface area contributed by atoms with Gasteiger partial charge in [0.05, 0.1) is 61.4 Å². The van der Waals surface area contributed by atoms with Gasteiger partial charge in [0, 0.05) is 0 Å². The van der Waals surface area contributed by atoms with Crippen molar-refractivity contribution in [3.63, 3.8) is 0 Å². The van der Waals surface area contributed by atoms with Crippen LogP contribution in [0.2, 0.25) is 0 Å². The van der Waals surface area contributed by atoms with Crippen molar-refractivity contribution >= 4 is 73.0 Å². The van der Waals surface area contributed by atoms with Gasteiger partial charge in [-0.1, -0.05) is 0 Å². The molecule has 2 N–H and O–H groups in total. The van der Waals surface area contributed by atoms with Crippen LogP contribution in [0.4, 0.5) is 11.4 Å². The number of benzene rings is 1. The molecule has 1 aromatic rings. The summed E-state index contributed by atoms with van der Waals surface area (Å²) in [5.74, 6) is -8.78. The molecule has 0 aliphatic carbocycles. The third-order valence-corrected chi connectivity index (χ3v) is 3.07. The van der Waals surface area contributed by atoms with Crippen LogP contribution < -0.4 is 89.3 Å². The number of nitrogens with zero attached hydrogens (tertiary/aromatic N) is 2. The molecular formula is C14H12CaN2Na2O10. The van der Waals surface area contributed by atoms with Gasteiger partial charge in [0.25, 0.3) is 0 Å². The first kappa shape index (κ1) is 33.2. The zero-order valence-electron chi connectivity index (χ0n) is 15.7. The number of hydrogen-bond acceptors (Lipinski definition) is 12. The summed E-state index contributed by atoms with van der Waals surface area (Å²) in [4.78, 5) is 44.1. The minimum atomic E-state index is -1.69. The molecule has 15 heteroatoms. The van der Waals surface area contributed by atoms with Crippen LogP contribution in [0.1, 0.15) is 0 Å². The topological polar surface area (TPSA) is 207 Å². The molecule has 0 saturated heterocycles. The zero-order chi connectivity index (χ0) is 20.0. The van der Waals surface area contributed by atoms with E-state index in [1.165, 1.54) is 0 Å². The van der Waals surface area contributed by atoms with Crippen LogP contribution in [-0.4, -0.2) is 98.0 Å². The summed E-state index contributed by atoms with van der Waals surface area (Å²) in [6, 6.07) is 1.90. The van der Waals surface area contributed by atoms with Crippen LogP contribution in [0.3, 0.4) is 0 Å². The number of carbonyl (C=O) groups is 4. The van der Waals surface area contributed by atoms with Gasteiger partial charge in [-0.2, -0.15) is 0 Å². The molecule has 0 heterocycles. The largest absolute Gasteiger partial charge is 2.00 e. The van der Waals surface area contributed by atoms with E-state index in [1.807, 2.05) is 0 Å². The molecule has 0 radical (unpaired) electrons. The molecule has 0 bridgehead atoms. The van der Waals surface area contributed by atoms with Gasteiger partial charge in [0.1, 0.15) is 0 Å². The molecule has 142 valence electrons. The maximum atomic E-state index is 10.7. The number of carboxylic acid groups (broad SMARTS) is 4. The smallest absolute Gasteiger partial charge is 0.548 e. The number of anilines is 2. The first-order chi connectivity index (χ1) is 12.0. The SMILES string of the molecule is O=C([O-])CN(CC(=O)[O-])c1ccc(N(CC(=O)[O-])CC(=O)[O-])c(O)c1O.[Ca+2].[Na+].[Na+]. The Kier molecular flexibility index (Phi) is 17.6. The fourth-order valence-corrected chi connectivity index (χ4v) is 2.14. The van der Waals surface area contributed by atoms with Crippen molar-refractivity contribution in [3.8, 4) is 11.5 Å². The van der Waals surface area contributed by atoms with E-state index in [0.29, 0.717) is 9.80 Å². The second-order valence-electron chi connectivity index (χ2n) is 5.00. The predicted octanol–water partition coefficient (Wildman–Crippen LogP) is -12.7. The summed E-state index contributed by atoms with van der Waals surface area (Å²) in [6.07, 6.45) is 0. The molecule has 0 unspecified atom stereocenters. The summed E-state index contributed by atoms with van der Waals surface area (Å²) in [5, 5.41) is 62.9. The Balaban J connectivity index is -0.00000225.